The van der Waals surface area contributed by atoms with E-state index in [9.17, 15) is 13.2 Å². The smallest absolute Gasteiger partial charge is 0.261 e. The predicted molar refractivity (Wildman–Crippen MR) is 115 cm³/mol. The Morgan fingerprint density at radius 2 is 1.61 bits per heavy atom. The molecule has 0 saturated heterocycles. The molecule has 0 fully saturated rings. The first-order valence-corrected chi connectivity index (χ1v) is 11.4. The number of halogens is 2. The van der Waals surface area contributed by atoms with Crippen molar-refractivity contribution in [3.8, 4) is 0 Å². The molecule has 0 aromatic heterocycles. The van der Waals surface area contributed by atoms with Crippen molar-refractivity contribution in [2.24, 2.45) is 0 Å². The van der Waals surface area contributed by atoms with Crippen LogP contribution in [0.3, 0.4) is 0 Å². The lowest BCUT2D eigenvalue weighted by Gasteiger charge is -2.09. The first-order valence-electron chi connectivity index (χ1n) is 8.14. The topological polar surface area (TPSA) is 63.2 Å². The highest BCUT2D eigenvalue weighted by Crippen LogP contribution is 2.26. The summed E-state index contributed by atoms with van der Waals surface area (Å²) in [6, 6.07) is 19.7. The summed E-state index contributed by atoms with van der Waals surface area (Å²) >= 11 is 13.2. The molecule has 0 unspecified atom stereocenters. The van der Waals surface area contributed by atoms with Gasteiger partial charge in [-0.1, -0.05) is 41.4 Å². The van der Waals surface area contributed by atoms with Crippen molar-refractivity contribution >= 4 is 56.5 Å². The van der Waals surface area contributed by atoms with Crippen LogP contribution >= 0.6 is 35.0 Å². The van der Waals surface area contributed by atoms with Crippen LogP contribution in [0.2, 0.25) is 10.0 Å². The van der Waals surface area contributed by atoms with E-state index < -0.39 is 10.0 Å². The van der Waals surface area contributed by atoms with Crippen LogP contribution in [0, 0.1) is 0 Å². The number of ketones is 1. The minimum absolute atomic E-state index is 0.111. The zero-order chi connectivity index (χ0) is 20.1. The number of sulfonamides is 1. The summed E-state index contributed by atoms with van der Waals surface area (Å²) in [5.74, 6) is 0.0942. The van der Waals surface area contributed by atoms with Crippen molar-refractivity contribution in [2.75, 3.05) is 10.5 Å². The number of anilines is 1. The van der Waals surface area contributed by atoms with E-state index in [2.05, 4.69) is 4.72 Å². The number of nitrogens with one attached hydrogen (secondary N) is 1. The van der Waals surface area contributed by atoms with Gasteiger partial charge in [0, 0.05) is 21.2 Å². The van der Waals surface area contributed by atoms with E-state index in [-0.39, 0.29) is 16.4 Å². The van der Waals surface area contributed by atoms with Crippen LogP contribution < -0.4 is 4.72 Å². The van der Waals surface area contributed by atoms with E-state index in [0.29, 0.717) is 21.3 Å². The van der Waals surface area contributed by atoms with Gasteiger partial charge in [0.05, 0.1) is 15.7 Å². The van der Waals surface area contributed by atoms with Gasteiger partial charge in [-0.05, 0) is 54.6 Å². The second-order valence-electron chi connectivity index (χ2n) is 5.78. The van der Waals surface area contributed by atoms with E-state index in [1.54, 1.807) is 54.6 Å². The van der Waals surface area contributed by atoms with Crippen LogP contribution in [0.15, 0.2) is 82.6 Å². The normalized spacial score (nSPS) is 11.2. The lowest BCUT2D eigenvalue weighted by molar-refractivity contribution is 0.102. The summed E-state index contributed by atoms with van der Waals surface area (Å²) in [6.45, 7) is 0. The maximum Gasteiger partial charge on any atom is 0.261 e. The van der Waals surface area contributed by atoms with Gasteiger partial charge in [-0.25, -0.2) is 8.42 Å². The molecule has 3 rings (SSSR count). The SMILES string of the molecule is O=C(CSc1ccc(NS(=O)(=O)c2ccccc2)cc1)c1ccc(Cl)cc1Cl. The standard InChI is InChI=1S/C20H15Cl2NO3S2/c21-14-6-11-18(19(22)12-14)20(24)13-27-16-9-7-15(8-10-16)23-28(25,26)17-4-2-1-3-5-17/h1-12,23H,13H2. The third-order valence-electron chi connectivity index (χ3n) is 3.76. The fourth-order valence-electron chi connectivity index (χ4n) is 2.38. The molecule has 0 aliphatic heterocycles. The van der Waals surface area contributed by atoms with Gasteiger partial charge in [0.25, 0.3) is 10.0 Å². The lowest BCUT2D eigenvalue weighted by atomic mass is 10.1. The molecule has 28 heavy (non-hydrogen) atoms. The second kappa shape index (κ2) is 9.01. The second-order valence-corrected chi connectivity index (χ2v) is 9.35. The van der Waals surface area contributed by atoms with E-state index >= 15 is 0 Å². The Bertz CT molecular complexity index is 1090. The summed E-state index contributed by atoms with van der Waals surface area (Å²) in [5.41, 5.74) is 0.867. The van der Waals surface area contributed by atoms with E-state index in [1.165, 1.54) is 30.0 Å². The average molecular weight is 452 g/mol. The lowest BCUT2D eigenvalue weighted by Crippen LogP contribution is -2.12. The zero-order valence-corrected chi connectivity index (χ0v) is 17.6. The van der Waals surface area contributed by atoms with Crippen molar-refractivity contribution in [2.45, 2.75) is 9.79 Å². The van der Waals surface area contributed by atoms with Crippen molar-refractivity contribution in [3.05, 3.63) is 88.4 Å². The molecular formula is C20H15Cl2NO3S2. The number of hydrogen-bond acceptors (Lipinski definition) is 4. The molecule has 3 aromatic carbocycles. The Morgan fingerprint density at radius 3 is 2.25 bits per heavy atom. The van der Waals surface area contributed by atoms with Gasteiger partial charge in [0.15, 0.2) is 5.78 Å². The fraction of sp³-hybridized carbons (Fsp3) is 0.0500. The highest BCUT2D eigenvalue weighted by atomic mass is 35.5. The van der Waals surface area contributed by atoms with Gasteiger partial charge in [0.1, 0.15) is 0 Å². The largest absolute Gasteiger partial charge is 0.293 e. The van der Waals surface area contributed by atoms with Gasteiger partial charge in [-0.2, -0.15) is 0 Å². The number of carbonyl (C=O) groups excluding carboxylic acids is 1. The number of benzene rings is 3. The zero-order valence-electron chi connectivity index (χ0n) is 14.4. The predicted octanol–water partition coefficient (Wildman–Crippen LogP) is 5.77. The summed E-state index contributed by atoms with van der Waals surface area (Å²) < 4.78 is 27.2. The maximum absolute atomic E-state index is 12.3. The van der Waals surface area contributed by atoms with Crippen LogP contribution in [-0.2, 0) is 10.0 Å². The molecule has 0 radical (unpaired) electrons. The summed E-state index contributed by atoms with van der Waals surface area (Å²) in [7, 11) is -3.63. The molecule has 144 valence electrons. The average Bonchev–Trinajstić information content (AvgIpc) is 2.68. The van der Waals surface area contributed by atoms with E-state index in [0.717, 1.165) is 4.90 Å². The minimum atomic E-state index is -3.63. The van der Waals surface area contributed by atoms with Crippen LogP contribution in [0.25, 0.3) is 0 Å². The highest BCUT2D eigenvalue weighted by molar-refractivity contribution is 8.00. The van der Waals surface area contributed by atoms with Crippen LogP contribution in [0.5, 0.6) is 0 Å². The minimum Gasteiger partial charge on any atom is -0.293 e. The maximum atomic E-state index is 12.3. The molecular weight excluding hydrogens is 437 g/mol. The van der Waals surface area contributed by atoms with Gasteiger partial charge < -0.3 is 0 Å². The van der Waals surface area contributed by atoms with Crippen LogP contribution in [0.1, 0.15) is 10.4 Å². The third kappa shape index (κ3) is 5.29. The molecule has 0 spiro atoms. The van der Waals surface area contributed by atoms with Gasteiger partial charge >= 0.3 is 0 Å². The summed E-state index contributed by atoms with van der Waals surface area (Å²) in [6.07, 6.45) is 0. The molecule has 0 aliphatic carbocycles. The van der Waals surface area contributed by atoms with Gasteiger partial charge in [-0.3, -0.25) is 9.52 Å². The first-order chi connectivity index (χ1) is 13.3. The number of Topliss-reactive ketones (excluding diaryl/α,β-unsaturated/α-hetero) is 1. The quantitative estimate of drug-likeness (QED) is 0.365. The monoisotopic (exact) mass is 451 g/mol. The molecule has 1 N–H and O–H groups in total. The van der Waals surface area contributed by atoms with Crippen molar-refractivity contribution in [3.63, 3.8) is 0 Å². The molecule has 0 amide bonds. The summed E-state index contributed by atoms with van der Waals surface area (Å²) in [4.78, 5) is 13.3. The number of hydrogen-bond donors (Lipinski definition) is 1. The Morgan fingerprint density at radius 1 is 0.929 bits per heavy atom. The number of rotatable bonds is 7. The Balaban J connectivity index is 1.62. The molecule has 0 atom stereocenters. The molecule has 4 nitrogen and oxygen atoms in total. The molecule has 8 heteroatoms. The summed E-state index contributed by atoms with van der Waals surface area (Å²) in [5, 5.41) is 0.798. The van der Waals surface area contributed by atoms with Crippen molar-refractivity contribution in [1.29, 1.82) is 0 Å². The Kier molecular flexibility index (Phi) is 6.67. The number of carbonyl (C=O) groups is 1. The Hall–Kier alpha value is -1.99. The molecule has 0 bridgehead atoms. The molecule has 0 aliphatic rings. The molecule has 3 aromatic rings. The van der Waals surface area contributed by atoms with E-state index in [4.69, 9.17) is 23.2 Å². The van der Waals surface area contributed by atoms with Gasteiger partial charge in [0.2, 0.25) is 0 Å². The highest BCUT2D eigenvalue weighted by Gasteiger charge is 2.14. The first kappa shape index (κ1) is 20.7. The third-order valence-corrected chi connectivity index (χ3v) is 6.72. The van der Waals surface area contributed by atoms with Gasteiger partial charge in [-0.15, -0.1) is 11.8 Å². The molecule has 0 saturated carbocycles. The molecule has 0 heterocycles. The number of thioether (sulfide) groups is 1. The Labute approximate surface area is 177 Å². The van der Waals surface area contributed by atoms with Crippen LogP contribution in [0.4, 0.5) is 5.69 Å². The van der Waals surface area contributed by atoms with Crippen LogP contribution in [-0.4, -0.2) is 20.0 Å². The fourth-order valence-corrected chi connectivity index (χ4v) is 4.75. The van der Waals surface area contributed by atoms with E-state index in [1.807, 2.05) is 0 Å². The van der Waals surface area contributed by atoms with Crippen molar-refractivity contribution in [1.82, 2.24) is 0 Å². The van der Waals surface area contributed by atoms with Crippen molar-refractivity contribution < 1.29 is 13.2 Å².